The summed E-state index contributed by atoms with van der Waals surface area (Å²) in [5.74, 6) is 1.37. The average Bonchev–Trinajstić information content (AvgIpc) is 3.27. The van der Waals surface area contributed by atoms with E-state index in [2.05, 4.69) is 43.4 Å². The summed E-state index contributed by atoms with van der Waals surface area (Å²) in [5, 5.41) is 8.65. The zero-order valence-electron chi connectivity index (χ0n) is 12.2. The fourth-order valence-corrected chi connectivity index (χ4v) is 3.28. The summed E-state index contributed by atoms with van der Waals surface area (Å²) in [6.07, 6.45) is 4.32. The molecular weight excluding hydrogens is 344 g/mol. The monoisotopic (exact) mass is 358 g/mol. The first-order valence-corrected chi connectivity index (χ1v) is 8.08. The Bertz CT molecular complexity index is 841. The Kier molecular flexibility index (Phi) is 3.33. The van der Waals surface area contributed by atoms with Crippen molar-refractivity contribution in [3.8, 4) is 17.0 Å². The van der Waals surface area contributed by atoms with E-state index in [0.717, 1.165) is 39.1 Å². The maximum absolute atomic E-state index is 5.36. The van der Waals surface area contributed by atoms with Gasteiger partial charge in [-0.05, 0) is 52.9 Å². The summed E-state index contributed by atoms with van der Waals surface area (Å²) in [5.41, 5.74) is 3.89. The lowest BCUT2D eigenvalue weighted by Crippen LogP contribution is -2.01. The molecular formula is C16H15BrN4O. The highest BCUT2D eigenvalue weighted by Crippen LogP contribution is 2.38. The molecule has 2 heterocycles. The van der Waals surface area contributed by atoms with Crippen LogP contribution in [0, 0.1) is 5.92 Å². The van der Waals surface area contributed by atoms with E-state index in [0.29, 0.717) is 5.88 Å². The van der Waals surface area contributed by atoms with E-state index in [1.807, 2.05) is 16.8 Å². The molecule has 6 heteroatoms. The summed E-state index contributed by atoms with van der Waals surface area (Å²) in [7, 11) is 1.63. The highest BCUT2D eigenvalue weighted by atomic mass is 79.9. The zero-order chi connectivity index (χ0) is 15.1. The van der Waals surface area contributed by atoms with Crippen molar-refractivity contribution in [3.05, 3.63) is 34.9 Å². The van der Waals surface area contributed by atoms with Crippen molar-refractivity contribution in [2.45, 2.75) is 19.4 Å². The van der Waals surface area contributed by atoms with Gasteiger partial charge in [0.05, 0.1) is 17.1 Å². The SMILES string of the molecule is COc1ncccc1-c1ccc2c(nnn2CC2CC2)c1Br. The van der Waals surface area contributed by atoms with Gasteiger partial charge in [0.15, 0.2) is 0 Å². The fraction of sp³-hybridized carbons (Fsp3) is 0.312. The standard InChI is InChI=1S/C16H15BrN4O/c1-22-16-12(3-2-8-18-16)11-6-7-13-15(14(11)17)19-20-21(13)9-10-4-5-10/h2-3,6-8,10H,4-5,9H2,1H3. The van der Waals surface area contributed by atoms with Gasteiger partial charge in [0, 0.05) is 23.9 Å². The molecule has 0 N–H and O–H groups in total. The molecule has 1 aromatic carbocycles. The molecule has 0 atom stereocenters. The van der Waals surface area contributed by atoms with Crippen molar-refractivity contribution >= 4 is 27.0 Å². The van der Waals surface area contributed by atoms with E-state index in [-0.39, 0.29) is 0 Å². The highest BCUT2D eigenvalue weighted by Gasteiger charge is 2.24. The van der Waals surface area contributed by atoms with Gasteiger partial charge in [-0.15, -0.1) is 5.10 Å². The van der Waals surface area contributed by atoms with Gasteiger partial charge in [-0.1, -0.05) is 11.3 Å². The molecule has 5 nitrogen and oxygen atoms in total. The van der Waals surface area contributed by atoms with Crippen LogP contribution in [0.15, 0.2) is 34.9 Å². The van der Waals surface area contributed by atoms with Gasteiger partial charge in [-0.3, -0.25) is 0 Å². The second-order valence-electron chi connectivity index (χ2n) is 5.57. The Balaban J connectivity index is 1.84. The quantitative estimate of drug-likeness (QED) is 0.713. The van der Waals surface area contributed by atoms with E-state index < -0.39 is 0 Å². The van der Waals surface area contributed by atoms with Gasteiger partial charge in [0.1, 0.15) is 5.52 Å². The van der Waals surface area contributed by atoms with Gasteiger partial charge >= 0.3 is 0 Å². The van der Waals surface area contributed by atoms with Crippen molar-refractivity contribution in [1.82, 2.24) is 20.0 Å². The fourth-order valence-electron chi connectivity index (χ4n) is 2.65. The number of halogens is 1. The lowest BCUT2D eigenvalue weighted by molar-refractivity contribution is 0.399. The Morgan fingerprint density at radius 1 is 1.27 bits per heavy atom. The van der Waals surface area contributed by atoms with Crippen LogP contribution in [0.3, 0.4) is 0 Å². The van der Waals surface area contributed by atoms with Crippen molar-refractivity contribution in [3.63, 3.8) is 0 Å². The molecule has 4 rings (SSSR count). The number of hydrogen-bond acceptors (Lipinski definition) is 4. The number of pyridine rings is 1. The third kappa shape index (κ3) is 2.27. The van der Waals surface area contributed by atoms with Crippen LogP contribution in [0.5, 0.6) is 5.88 Å². The minimum absolute atomic E-state index is 0.605. The Hall–Kier alpha value is -1.95. The summed E-state index contributed by atoms with van der Waals surface area (Å²) in [6.45, 7) is 0.957. The van der Waals surface area contributed by atoms with Crippen LogP contribution in [0.1, 0.15) is 12.8 Å². The Morgan fingerprint density at radius 3 is 2.91 bits per heavy atom. The van der Waals surface area contributed by atoms with E-state index in [4.69, 9.17) is 4.74 Å². The number of fused-ring (bicyclic) bond motifs is 1. The number of rotatable bonds is 4. The van der Waals surface area contributed by atoms with Gasteiger partial charge < -0.3 is 4.74 Å². The molecule has 2 aromatic heterocycles. The maximum atomic E-state index is 5.36. The lowest BCUT2D eigenvalue weighted by Gasteiger charge is -2.09. The summed E-state index contributed by atoms with van der Waals surface area (Å²) in [6, 6.07) is 8.04. The van der Waals surface area contributed by atoms with Crippen LogP contribution in [0.25, 0.3) is 22.2 Å². The van der Waals surface area contributed by atoms with Crippen LogP contribution in [0.2, 0.25) is 0 Å². The Morgan fingerprint density at radius 2 is 2.14 bits per heavy atom. The number of aromatic nitrogens is 4. The predicted molar refractivity (Wildman–Crippen MR) is 87.7 cm³/mol. The molecule has 1 fully saturated rings. The third-order valence-electron chi connectivity index (χ3n) is 4.01. The van der Waals surface area contributed by atoms with Crippen LogP contribution >= 0.6 is 15.9 Å². The normalized spacial score (nSPS) is 14.5. The van der Waals surface area contributed by atoms with Crippen molar-refractivity contribution in [1.29, 1.82) is 0 Å². The zero-order valence-corrected chi connectivity index (χ0v) is 13.7. The van der Waals surface area contributed by atoms with Crippen LogP contribution in [-0.4, -0.2) is 27.1 Å². The van der Waals surface area contributed by atoms with E-state index >= 15 is 0 Å². The van der Waals surface area contributed by atoms with Gasteiger partial charge in [-0.25, -0.2) is 9.67 Å². The first-order chi connectivity index (χ1) is 10.8. The first kappa shape index (κ1) is 13.7. The summed E-state index contributed by atoms with van der Waals surface area (Å²) < 4.78 is 8.29. The van der Waals surface area contributed by atoms with E-state index in [1.54, 1.807) is 13.3 Å². The molecule has 0 aliphatic heterocycles. The molecule has 0 bridgehead atoms. The molecule has 1 aliphatic carbocycles. The van der Waals surface area contributed by atoms with Gasteiger partial charge in [0.25, 0.3) is 0 Å². The minimum Gasteiger partial charge on any atom is -0.481 e. The lowest BCUT2D eigenvalue weighted by atomic mass is 10.1. The number of methoxy groups -OCH3 is 1. The molecule has 3 aromatic rings. The highest BCUT2D eigenvalue weighted by molar-refractivity contribution is 9.10. The summed E-state index contributed by atoms with van der Waals surface area (Å²) >= 11 is 3.68. The van der Waals surface area contributed by atoms with Crippen LogP contribution < -0.4 is 4.74 Å². The first-order valence-electron chi connectivity index (χ1n) is 7.29. The largest absolute Gasteiger partial charge is 0.481 e. The molecule has 0 spiro atoms. The minimum atomic E-state index is 0.605. The molecule has 112 valence electrons. The molecule has 0 radical (unpaired) electrons. The van der Waals surface area contributed by atoms with Crippen molar-refractivity contribution in [2.75, 3.05) is 7.11 Å². The second-order valence-corrected chi connectivity index (χ2v) is 6.36. The van der Waals surface area contributed by atoms with E-state index in [9.17, 15) is 0 Å². The second kappa shape index (κ2) is 5.35. The molecule has 1 aliphatic rings. The number of hydrogen-bond donors (Lipinski definition) is 0. The van der Waals surface area contributed by atoms with Crippen LogP contribution in [0.4, 0.5) is 0 Å². The molecule has 0 amide bonds. The maximum Gasteiger partial charge on any atom is 0.221 e. The molecule has 22 heavy (non-hydrogen) atoms. The predicted octanol–water partition coefficient (Wildman–Crippen LogP) is 3.67. The average molecular weight is 359 g/mol. The number of nitrogens with zero attached hydrogens (tertiary/aromatic N) is 4. The van der Waals surface area contributed by atoms with Gasteiger partial charge in [0.2, 0.25) is 5.88 Å². The van der Waals surface area contributed by atoms with Crippen molar-refractivity contribution < 1.29 is 4.74 Å². The van der Waals surface area contributed by atoms with E-state index in [1.165, 1.54) is 12.8 Å². The summed E-state index contributed by atoms with van der Waals surface area (Å²) in [4.78, 5) is 4.26. The van der Waals surface area contributed by atoms with Gasteiger partial charge in [-0.2, -0.15) is 0 Å². The Labute approximate surface area is 136 Å². The van der Waals surface area contributed by atoms with Crippen LogP contribution in [-0.2, 0) is 6.54 Å². The smallest absolute Gasteiger partial charge is 0.221 e. The number of benzene rings is 1. The molecule has 0 saturated heterocycles. The van der Waals surface area contributed by atoms with Crippen molar-refractivity contribution in [2.24, 2.45) is 5.92 Å². The topological polar surface area (TPSA) is 52.8 Å². The molecule has 1 saturated carbocycles. The third-order valence-corrected chi connectivity index (χ3v) is 4.81. The number of ether oxygens (including phenoxy) is 1. The molecule has 0 unspecified atom stereocenters.